The molecule has 5 rings (SSSR count). The van der Waals surface area contributed by atoms with Gasteiger partial charge >= 0.3 is 0 Å². The molecule has 2 heterocycles. The van der Waals surface area contributed by atoms with Crippen molar-refractivity contribution in [2.75, 3.05) is 18.0 Å². The molecule has 180 valence electrons. The Morgan fingerprint density at radius 3 is 1.66 bits per heavy atom. The number of carbonyl (C=O) groups excluding carboxylic acids is 1. The highest BCUT2D eigenvalue weighted by Crippen LogP contribution is 2.51. The third-order valence-corrected chi connectivity index (χ3v) is 7.51. The number of halogens is 5. The van der Waals surface area contributed by atoms with Gasteiger partial charge in [0, 0.05) is 27.0 Å². The van der Waals surface area contributed by atoms with E-state index >= 15 is 0 Å². The Balaban J connectivity index is 1.74. The number of benzene rings is 3. The predicted octanol–water partition coefficient (Wildman–Crippen LogP) is 7.20. The van der Waals surface area contributed by atoms with E-state index in [0.717, 1.165) is 22.4 Å². The van der Waals surface area contributed by atoms with Crippen LogP contribution in [0, 0.1) is 0 Å². The van der Waals surface area contributed by atoms with Gasteiger partial charge in [-0.05, 0) is 72.2 Å². The molecule has 0 radical (unpaired) electrons. The summed E-state index contributed by atoms with van der Waals surface area (Å²) in [7, 11) is 0. The fourth-order valence-electron chi connectivity index (χ4n) is 5.15. The molecule has 35 heavy (non-hydrogen) atoms. The SMILES string of the molecule is CC1=CN(c2ccc(Cl)cc2)C(C(=O)N2CC(F)(F)C2)C1(c1ccc(Cl)cc1)c1ccc(Cl)cc1. The fourth-order valence-corrected chi connectivity index (χ4v) is 5.53. The molecule has 1 saturated heterocycles. The maximum atomic E-state index is 14.0. The van der Waals surface area contributed by atoms with E-state index < -0.39 is 30.5 Å². The fraction of sp³-hybridized carbons (Fsp3) is 0.222. The van der Waals surface area contributed by atoms with E-state index in [9.17, 15) is 13.6 Å². The second-order valence-corrected chi connectivity index (χ2v) is 10.3. The van der Waals surface area contributed by atoms with E-state index in [0.29, 0.717) is 15.1 Å². The number of nitrogens with zero attached hydrogens (tertiary/aromatic N) is 2. The lowest BCUT2D eigenvalue weighted by atomic mass is 9.65. The number of carbonyl (C=O) groups is 1. The molecular weight excluding hydrogens is 513 g/mol. The average molecular weight is 534 g/mol. The van der Waals surface area contributed by atoms with Gasteiger partial charge in [-0.25, -0.2) is 8.78 Å². The summed E-state index contributed by atoms with van der Waals surface area (Å²) < 4.78 is 27.7. The van der Waals surface area contributed by atoms with Gasteiger partial charge in [-0.3, -0.25) is 4.79 Å². The van der Waals surface area contributed by atoms with Crippen LogP contribution in [-0.2, 0) is 10.2 Å². The first kappa shape index (κ1) is 24.1. The summed E-state index contributed by atoms with van der Waals surface area (Å²) in [5.41, 5.74) is 2.27. The van der Waals surface area contributed by atoms with Crippen LogP contribution < -0.4 is 4.90 Å². The molecule has 8 heteroatoms. The van der Waals surface area contributed by atoms with E-state index in [1.54, 1.807) is 36.4 Å². The second kappa shape index (κ2) is 8.81. The quantitative estimate of drug-likeness (QED) is 0.354. The Bertz CT molecular complexity index is 1240. The first-order valence-corrected chi connectivity index (χ1v) is 12.2. The van der Waals surface area contributed by atoms with Gasteiger partial charge in [0.1, 0.15) is 6.04 Å². The molecule has 1 fully saturated rings. The van der Waals surface area contributed by atoms with Crippen molar-refractivity contribution in [2.45, 2.75) is 24.3 Å². The zero-order chi connectivity index (χ0) is 25.0. The van der Waals surface area contributed by atoms with E-state index in [2.05, 4.69) is 0 Å². The van der Waals surface area contributed by atoms with Crippen LogP contribution in [0.4, 0.5) is 14.5 Å². The summed E-state index contributed by atoms with van der Waals surface area (Å²) >= 11 is 18.5. The van der Waals surface area contributed by atoms with Gasteiger partial charge in [0.25, 0.3) is 5.92 Å². The lowest BCUT2D eigenvalue weighted by molar-refractivity contribution is -0.167. The predicted molar refractivity (Wildman–Crippen MR) is 137 cm³/mol. The molecule has 0 aliphatic carbocycles. The van der Waals surface area contributed by atoms with Crippen LogP contribution in [0.15, 0.2) is 84.6 Å². The van der Waals surface area contributed by atoms with Crippen molar-refractivity contribution < 1.29 is 13.6 Å². The topological polar surface area (TPSA) is 23.6 Å². The summed E-state index contributed by atoms with van der Waals surface area (Å²) in [5, 5.41) is 1.67. The number of likely N-dealkylation sites (tertiary alicyclic amines) is 1. The highest BCUT2D eigenvalue weighted by molar-refractivity contribution is 6.31. The number of hydrogen-bond donors (Lipinski definition) is 0. The van der Waals surface area contributed by atoms with Crippen LogP contribution in [-0.4, -0.2) is 35.9 Å². The molecule has 3 aromatic carbocycles. The molecule has 3 aromatic rings. The molecule has 2 aliphatic heterocycles. The molecule has 3 nitrogen and oxygen atoms in total. The normalized spacial score (nSPS) is 20.4. The first-order chi connectivity index (χ1) is 16.6. The van der Waals surface area contributed by atoms with Crippen LogP contribution >= 0.6 is 34.8 Å². The van der Waals surface area contributed by atoms with E-state index in [1.807, 2.05) is 54.4 Å². The van der Waals surface area contributed by atoms with E-state index in [1.165, 1.54) is 4.90 Å². The van der Waals surface area contributed by atoms with Crippen molar-refractivity contribution >= 4 is 46.4 Å². The van der Waals surface area contributed by atoms with Gasteiger partial charge in [-0.1, -0.05) is 59.1 Å². The Morgan fingerprint density at radius 2 is 1.23 bits per heavy atom. The van der Waals surface area contributed by atoms with Gasteiger partial charge in [0.2, 0.25) is 5.91 Å². The third kappa shape index (κ3) is 4.10. The van der Waals surface area contributed by atoms with Gasteiger partial charge in [0.05, 0.1) is 18.5 Å². The summed E-state index contributed by atoms with van der Waals surface area (Å²) in [4.78, 5) is 17.1. The largest absolute Gasteiger partial charge is 0.334 e. The summed E-state index contributed by atoms with van der Waals surface area (Å²) in [5.74, 6) is -3.27. The van der Waals surface area contributed by atoms with Gasteiger partial charge in [-0.15, -0.1) is 0 Å². The number of alkyl halides is 2. The molecule has 1 unspecified atom stereocenters. The Kier molecular flexibility index (Phi) is 6.07. The minimum Gasteiger partial charge on any atom is -0.334 e. The van der Waals surface area contributed by atoms with Gasteiger partial charge in [-0.2, -0.15) is 0 Å². The summed E-state index contributed by atoms with van der Waals surface area (Å²) in [6, 6.07) is 20.9. The molecule has 1 amide bonds. The second-order valence-electron chi connectivity index (χ2n) is 8.97. The Labute approximate surface area is 217 Å². The zero-order valence-corrected chi connectivity index (χ0v) is 21.0. The smallest absolute Gasteiger partial charge is 0.282 e. The van der Waals surface area contributed by atoms with Crippen molar-refractivity contribution in [1.82, 2.24) is 4.90 Å². The lowest BCUT2D eigenvalue weighted by Gasteiger charge is -2.46. The molecular formula is C27H21Cl3F2N2O. The number of anilines is 1. The van der Waals surface area contributed by atoms with Crippen molar-refractivity contribution in [3.8, 4) is 0 Å². The molecule has 0 saturated carbocycles. The van der Waals surface area contributed by atoms with Crippen LogP contribution in [0.25, 0.3) is 0 Å². The first-order valence-electron chi connectivity index (χ1n) is 11.0. The Hall–Kier alpha value is -2.60. The van der Waals surface area contributed by atoms with Gasteiger partial charge in [0.15, 0.2) is 0 Å². The number of rotatable bonds is 4. The van der Waals surface area contributed by atoms with Crippen molar-refractivity contribution in [1.29, 1.82) is 0 Å². The molecule has 2 aliphatic rings. The van der Waals surface area contributed by atoms with Crippen LogP contribution in [0.2, 0.25) is 15.1 Å². The molecule has 0 aromatic heterocycles. The Morgan fingerprint density at radius 1 is 0.800 bits per heavy atom. The number of hydrogen-bond acceptors (Lipinski definition) is 2. The maximum Gasteiger partial charge on any atom is 0.282 e. The molecule has 0 bridgehead atoms. The minimum absolute atomic E-state index is 0.385. The van der Waals surface area contributed by atoms with Crippen molar-refractivity contribution in [2.24, 2.45) is 0 Å². The summed E-state index contributed by atoms with van der Waals surface area (Å²) in [6.45, 7) is 0.741. The van der Waals surface area contributed by atoms with Crippen LogP contribution in [0.1, 0.15) is 18.1 Å². The maximum absolute atomic E-state index is 14.0. The number of amides is 1. The highest BCUT2D eigenvalue weighted by atomic mass is 35.5. The van der Waals surface area contributed by atoms with Crippen molar-refractivity contribution in [3.63, 3.8) is 0 Å². The lowest BCUT2D eigenvalue weighted by Crippen LogP contribution is -2.65. The van der Waals surface area contributed by atoms with Gasteiger partial charge < -0.3 is 9.80 Å². The molecule has 1 atom stereocenters. The van der Waals surface area contributed by atoms with Crippen molar-refractivity contribution in [3.05, 3.63) is 111 Å². The van der Waals surface area contributed by atoms with Crippen LogP contribution in [0.3, 0.4) is 0 Å². The van der Waals surface area contributed by atoms with Crippen LogP contribution in [0.5, 0.6) is 0 Å². The minimum atomic E-state index is -2.88. The third-order valence-electron chi connectivity index (χ3n) is 6.76. The monoisotopic (exact) mass is 532 g/mol. The standard InChI is InChI=1S/C27H21Cl3F2N2O/c1-17-14-34(23-12-10-22(30)11-13-23)24(25(35)33-15-26(31,32)16-33)27(17,18-2-6-20(28)7-3-18)19-4-8-21(29)9-5-19/h2-14,24H,15-16H2,1H3. The summed E-state index contributed by atoms with van der Waals surface area (Å²) in [6.07, 6.45) is 1.91. The highest BCUT2D eigenvalue weighted by Gasteiger charge is 2.58. The van der Waals surface area contributed by atoms with E-state index in [4.69, 9.17) is 34.8 Å². The molecule has 0 spiro atoms. The molecule has 0 N–H and O–H groups in total. The zero-order valence-electron chi connectivity index (χ0n) is 18.7. The average Bonchev–Trinajstić information content (AvgIpc) is 3.12. The van der Waals surface area contributed by atoms with E-state index in [-0.39, 0.29) is 5.91 Å².